The van der Waals surface area contributed by atoms with Crippen LogP contribution in [0.4, 0.5) is 0 Å². The largest absolute Gasteiger partial charge is 4.00 e. The molecule has 24 aliphatic carbocycles. The topological polar surface area (TPSA) is 28.2 Å². The average molecular weight is 2260 g/mol. The van der Waals surface area contributed by atoms with Crippen molar-refractivity contribution in [2.75, 3.05) is 13.1 Å². The zero-order chi connectivity index (χ0) is 91.8. The van der Waals surface area contributed by atoms with E-state index < -0.39 is 41.7 Å². The summed E-state index contributed by atoms with van der Waals surface area (Å²) in [5, 5.41) is 10.2. The van der Waals surface area contributed by atoms with E-state index >= 15 is 0 Å². The van der Waals surface area contributed by atoms with Gasteiger partial charge in [0.05, 0.1) is 0 Å². The molecule has 2 nitrogen and oxygen atoms in total. The molecule has 24 unspecified atom stereocenters. The predicted molar refractivity (Wildman–Crippen MR) is 618 cm³/mol. The second-order valence-corrected chi connectivity index (χ2v) is 61.6. The fraction of sp³-hybridized carbons (Fsp3) is 0.744. The van der Waals surface area contributed by atoms with Crippen molar-refractivity contribution in [1.29, 1.82) is 0 Å². The molecule has 798 valence electrons. The van der Waals surface area contributed by atoms with Crippen LogP contribution in [0.1, 0.15) is 446 Å². The molecule has 0 spiro atoms. The first-order chi connectivity index (χ1) is 62.8. The Kier molecular flexibility index (Phi) is 49.6. The van der Waals surface area contributed by atoms with Gasteiger partial charge < -0.3 is 84.9 Å². The molecule has 0 saturated heterocycles. The van der Waals surface area contributed by atoms with Crippen molar-refractivity contribution in [3.05, 3.63) is 219 Å². The van der Waals surface area contributed by atoms with Crippen LogP contribution in [-0.4, -0.2) is 24.2 Å². The van der Waals surface area contributed by atoms with Gasteiger partial charge in [0.25, 0.3) is 0 Å². The Morgan fingerprint density at radius 2 is 0.371 bits per heavy atom. The summed E-state index contributed by atoms with van der Waals surface area (Å²) in [7, 11) is 19.7. The van der Waals surface area contributed by atoms with Gasteiger partial charge in [-0.25, -0.2) is 0 Å². The third-order valence-electron chi connectivity index (χ3n) is 42.2. The molecule has 0 heterocycles. The first-order valence-electron chi connectivity index (χ1n) is 56.7. The maximum absolute atomic E-state index is 5.10. The van der Waals surface area contributed by atoms with Gasteiger partial charge in [0.1, 0.15) is 0 Å². The van der Waals surface area contributed by atoms with E-state index in [0.29, 0.717) is 16.2 Å². The smallest absolute Gasteiger partial charge is 4.00 e. The van der Waals surface area contributed by atoms with Crippen LogP contribution in [0.2, 0.25) is 0 Å². The quantitative estimate of drug-likeness (QED) is 0.171. The Bertz CT molecular complexity index is 4510. The van der Waals surface area contributed by atoms with Gasteiger partial charge in [-0.05, 0) is 534 Å². The van der Waals surface area contributed by atoms with Gasteiger partial charge >= 0.3 is 119 Å². The second-order valence-electron chi connectivity index (χ2n) is 54.2. The maximum Gasteiger partial charge on any atom is 4.00 e. The Balaban J connectivity index is 0.000000251. The van der Waals surface area contributed by atoms with Gasteiger partial charge in [-0.3, -0.25) is 0 Å². The van der Waals surface area contributed by atoms with Crippen molar-refractivity contribution < 1.29 is 85.1 Å². The van der Waals surface area contributed by atoms with E-state index in [-0.39, 0.29) is 129 Å². The van der Waals surface area contributed by atoms with Gasteiger partial charge in [0.15, 0.2) is 0 Å². The van der Waals surface area contributed by atoms with Crippen LogP contribution in [0.15, 0.2) is 134 Å². The zero-order valence-electron chi connectivity index (χ0n) is 97.5. The summed E-state index contributed by atoms with van der Waals surface area (Å²) in [5.41, 5.74) is 48.0. The van der Waals surface area contributed by atoms with Gasteiger partial charge in [-0.15, -0.1) is 24.2 Å². The molecule has 6 fully saturated rings. The maximum atomic E-state index is 5.10. The van der Waals surface area contributed by atoms with Crippen molar-refractivity contribution in [3.63, 3.8) is 0 Å². The summed E-state index contributed by atoms with van der Waals surface area (Å²) >= 11 is -1.65. The molecule has 0 amide bonds. The molecule has 0 aromatic rings. The van der Waals surface area contributed by atoms with E-state index in [0.717, 1.165) is 155 Å². The SMILES string of the molecule is CC1CC2C3=C(CCCC3)C3=C(CC(C)(C)C3)C2C1CC1C(C)CC2C3=C(CCCC3)C3=C(CC(C)(C)C3)C21.CC1CC2C3=C(CCCC3)C3=C(CC(C)(C)C3)C2C1C[N-]C(C)(C)C.CC1CC2C3=C(CCCC3)C3=C(CCCC3)C2C1CC1C(C)CC2C3=C(CCCC3)C3=C(CCCC3)C21.CC1CC2C3=C(CCCC3)C3=C(CCCC3)C2C1C[N-]C(C)(C)C.[CH3-].[CH3-].[CH3-].[CH3-].[CH3-].[CH3-].[CH3-].[CH3-].[CH3-].[CH3-].[Cl][Zr+2][Cl].[Cl][Zr+2][Cl].[Ti+4].[Ti+4]. The van der Waals surface area contributed by atoms with E-state index in [2.05, 4.69) is 125 Å². The number of halogens is 4. The predicted octanol–water partition coefficient (Wildman–Crippen LogP) is 42.9. The minimum Gasteiger partial charge on any atom is 4.00 e. The monoisotopic (exact) mass is 2250 g/mol. The summed E-state index contributed by atoms with van der Waals surface area (Å²) in [6.07, 6.45) is 71.9. The molecule has 0 bridgehead atoms. The molecule has 24 atom stereocenters. The van der Waals surface area contributed by atoms with Crippen molar-refractivity contribution >= 4 is 34.1 Å². The van der Waals surface area contributed by atoms with Crippen molar-refractivity contribution in [1.82, 2.24) is 0 Å². The first kappa shape index (κ1) is 131. The van der Waals surface area contributed by atoms with E-state index in [1.807, 2.05) is 134 Å². The molecular formula is C133H212Cl4N2Ti2Zr2. The summed E-state index contributed by atoms with van der Waals surface area (Å²) in [6, 6.07) is 0. The van der Waals surface area contributed by atoms with Gasteiger partial charge in [-0.1, -0.05) is 203 Å². The Morgan fingerprint density at radius 1 is 0.224 bits per heavy atom. The second kappa shape index (κ2) is 54.1. The Hall–Kier alpha value is 1.15. The molecule has 0 aromatic heterocycles. The van der Waals surface area contributed by atoms with Crippen LogP contribution in [0.5, 0.6) is 0 Å². The fourth-order valence-corrected chi connectivity index (χ4v) is 37.6. The summed E-state index contributed by atoms with van der Waals surface area (Å²) < 4.78 is 0. The number of fused-ring (bicyclic) bond motifs is 24. The molecule has 0 N–H and O–H groups in total. The minimum atomic E-state index is -0.826. The molecule has 0 aromatic carbocycles. The zero-order valence-corrected chi connectivity index (χ0v) is 109. The minimum absolute atomic E-state index is 0. The van der Waals surface area contributed by atoms with Crippen LogP contribution in [0.3, 0.4) is 0 Å². The van der Waals surface area contributed by atoms with Crippen LogP contribution < -0.4 is 0 Å². The number of rotatable bonds is 8. The van der Waals surface area contributed by atoms with Crippen molar-refractivity contribution in [2.24, 2.45) is 158 Å². The Morgan fingerprint density at radius 3 is 0.566 bits per heavy atom. The van der Waals surface area contributed by atoms with Gasteiger partial charge in [0, 0.05) is 0 Å². The summed E-state index contributed by atoms with van der Waals surface area (Å²) in [4.78, 5) is 0. The number of nitrogens with zero attached hydrogens (tertiary/aromatic N) is 2. The van der Waals surface area contributed by atoms with E-state index in [4.69, 9.17) is 44.7 Å². The van der Waals surface area contributed by atoms with E-state index in [1.165, 1.54) is 315 Å². The normalized spacial score (nSPS) is 35.9. The van der Waals surface area contributed by atoms with E-state index in [9.17, 15) is 0 Å². The molecule has 24 rings (SSSR count). The number of hydrogen-bond donors (Lipinski definition) is 0. The first-order valence-corrected chi connectivity index (χ1v) is 69.4. The standard InChI is InChI=1S/C39H56.C37H52.C24H38N.C23H36N.10CH3.4ClH.2Ti.2Zr/c1-22-15-30-24-11-7-9-13-26(24)32-18-38(3,4)20-34(32)36(30)28(22)17-29-23(2)16-31-25-12-8-10-14-27(25)33-19-39(5,6)21-35(33)37(29)31;1-22-19-34-28-15-5-3-11-24(28)26-13-7-9-17-30(26)36(34)32(22)21-33-23(2)20-35-29-16-6-4-12-25(29)27-14-8-10-18-31(27)37(33)35;1-15-11-18-16-9-7-8-10-17(16)19-12-24(5,6)13-20(19)22(18)21(15)14-25-23(2,3)4;1-15-13-20-18-11-6-5-9-16(18)17-10-7-8-12-19(17)22(20)21(15)14-24-23(2,3)4;;;;;;;;;;;;;;;;;;/h22-23,28-31,36-37H,7-21H2,1-6H3;22-23,32-37H,3-21H2,1-2H3;15,18,21-22H,7-14H2,1-6H3;15,20-22H,5-14H2,1-4H3;10*1H3;4*1H;;;;/q;;12*-1;;;;;4*+4/p-4. The average Bonchev–Trinajstić information content (AvgIpc) is 1.57. The fourth-order valence-electron chi connectivity index (χ4n) is 37.6. The third-order valence-corrected chi connectivity index (χ3v) is 42.2. The molecule has 6 saturated carbocycles. The molecule has 0 aliphatic heterocycles. The van der Waals surface area contributed by atoms with Gasteiger partial charge in [0.2, 0.25) is 0 Å². The molecule has 0 radical (unpaired) electrons. The van der Waals surface area contributed by atoms with Crippen molar-refractivity contribution in [2.45, 2.75) is 457 Å². The van der Waals surface area contributed by atoms with Gasteiger partial charge in [-0.2, -0.15) is 0 Å². The Labute approximate surface area is 956 Å². The summed E-state index contributed by atoms with van der Waals surface area (Å²) in [6.45, 7) is 46.8. The molecule has 10 heteroatoms. The molecule has 24 aliphatic rings. The van der Waals surface area contributed by atoms with Crippen LogP contribution >= 0.6 is 34.1 Å². The van der Waals surface area contributed by atoms with Crippen LogP contribution in [0.25, 0.3) is 10.6 Å². The van der Waals surface area contributed by atoms with E-state index in [1.54, 1.807) is 6.42 Å². The van der Waals surface area contributed by atoms with Crippen LogP contribution in [0, 0.1) is 233 Å². The number of hydrogen-bond acceptors (Lipinski definition) is 0. The summed E-state index contributed by atoms with van der Waals surface area (Å²) in [5.74, 6) is 21.4. The van der Waals surface area contributed by atoms with Crippen molar-refractivity contribution in [3.8, 4) is 0 Å². The molecule has 143 heavy (non-hydrogen) atoms. The van der Waals surface area contributed by atoms with Crippen LogP contribution in [-0.2, 0) is 85.1 Å². The number of allylic oxidation sites excluding steroid dienone is 24. The third kappa shape index (κ3) is 26.2. The molecular weight excluding hydrogens is 2050 g/mol.